The van der Waals surface area contributed by atoms with Crippen LogP contribution in [0.3, 0.4) is 0 Å². The van der Waals surface area contributed by atoms with Crippen LogP contribution in [0.25, 0.3) is 0 Å². The van der Waals surface area contributed by atoms with Crippen molar-refractivity contribution in [2.75, 3.05) is 45.9 Å². The van der Waals surface area contributed by atoms with Crippen LogP contribution in [0.5, 0.6) is 0 Å². The van der Waals surface area contributed by atoms with Gasteiger partial charge in [0, 0.05) is 19.0 Å². The van der Waals surface area contributed by atoms with Crippen molar-refractivity contribution < 1.29 is 14.3 Å². The van der Waals surface area contributed by atoms with Gasteiger partial charge in [-0.3, -0.25) is 14.5 Å². The van der Waals surface area contributed by atoms with Crippen LogP contribution in [-0.4, -0.2) is 67.6 Å². The standard InChI is InChI=1S/C12H21N3O3/c13-11(16)9-14-3-1-10(2-4-14)12(17)15-5-7-18-8-6-15/h10H,1-9H2,(H2,13,16). The molecule has 0 aromatic carbocycles. The monoisotopic (exact) mass is 255 g/mol. The van der Waals surface area contributed by atoms with Crippen LogP contribution in [0.2, 0.25) is 0 Å². The van der Waals surface area contributed by atoms with Gasteiger partial charge in [0.25, 0.3) is 0 Å². The summed E-state index contributed by atoms with van der Waals surface area (Å²) < 4.78 is 5.24. The lowest BCUT2D eigenvalue weighted by Crippen LogP contribution is -2.47. The molecule has 0 unspecified atom stereocenters. The van der Waals surface area contributed by atoms with Crippen LogP contribution in [0.1, 0.15) is 12.8 Å². The van der Waals surface area contributed by atoms with Crippen molar-refractivity contribution in [2.24, 2.45) is 11.7 Å². The van der Waals surface area contributed by atoms with Crippen LogP contribution in [-0.2, 0) is 14.3 Å². The number of rotatable bonds is 3. The van der Waals surface area contributed by atoms with Gasteiger partial charge >= 0.3 is 0 Å². The summed E-state index contributed by atoms with van der Waals surface area (Å²) in [6.45, 7) is 4.57. The number of morpholine rings is 1. The van der Waals surface area contributed by atoms with Crippen molar-refractivity contribution in [2.45, 2.75) is 12.8 Å². The van der Waals surface area contributed by atoms with Crippen molar-refractivity contribution in [3.8, 4) is 0 Å². The number of amides is 2. The second-order valence-corrected chi connectivity index (χ2v) is 4.95. The fourth-order valence-electron chi connectivity index (χ4n) is 2.60. The first kappa shape index (κ1) is 13.3. The molecule has 0 atom stereocenters. The average Bonchev–Trinajstić information content (AvgIpc) is 2.39. The maximum absolute atomic E-state index is 12.2. The molecular weight excluding hydrogens is 234 g/mol. The molecule has 0 bridgehead atoms. The van der Waals surface area contributed by atoms with Gasteiger partial charge in [0.05, 0.1) is 19.8 Å². The minimum atomic E-state index is -0.298. The highest BCUT2D eigenvalue weighted by Gasteiger charge is 2.29. The van der Waals surface area contributed by atoms with Crippen molar-refractivity contribution in [1.82, 2.24) is 9.80 Å². The van der Waals surface area contributed by atoms with E-state index < -0.39 is 0 Å². The molecule has 0 aromatic rings. The topological polar surface area (TPSA) is 75.9 Å². The zero-order chi connectivity index (χ0) is 13.0. The molecule has 2 heterocycles. The Hall–Kier alpha value is -1.14. The highest BCUT2D eigenvalue weighted by Crippen LogP contribution is 2.20. The largest absolute Gasteiger partial charge is 0.378 e. The number of nitrogens with zero attached hydrogens (tertiary/aromatic N) is 2. The zero-order valence-corrected chi connectivity index (χ0v) is 10.6. The van der Waals surface area contributed by atoms with E-state index in [-0.39, 0.29) is 17.7 Å². The molecule has 2 amide bonds. The molecule has 2 saturated heterocycles. The highest BCUT2D eigenvalue weighted by molar-refractivity contribution is 5.79. The van der Waals surface area contributed by atoms with Gasteiger partial charge in [-0.05, 0) is 25.9 Å². The van der Waals surface area contributed by atoms with Crippen molar-refractivity contribution in [3.05, 3.63) is 0 Å². The Labute approximate surface area is 107 Å². The number of piperidine rings is 1. The molecule has 6 heteroatoms. The van der Waals surface area contributed by atoms with Crippen LogP contribution >= 0.6 is 0 Å². The Balaban J connectivity index is 1.78. The minimum Gasteiger partial charge on any atom is -0.378 e. The molecule has 6 nitrogen and oxygen atoms in total. The van der Waals surface area contributed by atoms with Gasteiger partial charge in [-0.15, -0.1) is 0 Å². The van der Waals surface area contributed by atoms with Crippen LogP contribution in [0.15, 0.2) is 0 Å². The number of likely N-dealkylation sites (tertiary alicyclic amines) is 1. The number of primary amides is 1. The number of nitrogens with two attached hydrogens (primary N) is 1. The van der Waals surface area contributed by atoms with Gasteiger partial charge < -0.3 is 15.4 Å². The van der Waals surface area contributed by atoms with Gasteiger partial charge in [-0.25, -0.2) is 0 Å². The normalized spacial score (nSPS) is 23.0. The Morgan fingerprint density at radius 1 is 1.11 bits per heavy atom. The first-order valence-electron chi connectivity index (χ1n) is 6.54. The van der Waals surface area contributed by atoms with Crippen molar-refractivity contribution in [3.63, 3.8) is 0 Å². The number of carbonyl (C=O) groups excluding carboxylic acids is 2. The maximum atomic E-state index is 12.2. The van der Waals surface area contributed by atoms with Gasteiger partial charge in [-0.2, -0.15) is 0 Å². The van der Waals surface area contributed by atoms with Crippen LogP contribution in [0, 0.1) is 5.92 Å². The van der Waals surface area contributed by atoms with E-state index in [2.05, 4.69) is 0 Å². The SMILES string of the molecule is NC(=O)CN1CCC(C(=O)N2CCOCC2)CC1. The van der Waals surface area contributed by atoms with Gasteiger partial charge in [0.15, 0.2) is 0 Å². The second kappa shape index (κ2) is 6.15. The van der Waals surface area contributed by atoms with Crippen LogP contribution < -0.4 is 5.73 Å². The molecule has 0 aliphatic carbocycles. The first-order chi connectivity index (χ1) is 8.66. The second-order valence-electron chi connectivity index (χ2n) is 4.95. The molecule has 0 aromatic heterocycles. The third-order valence-electron chi connectivity index (χ3n) is 3.64. The smallest absolute Gasteiger partial charge is 0.231 e. The first-order valence-corrected chi connectivity index (χ1v) is 6.54. The van der Waals surface area contributed by atoms with E-state index >= 15 is 0 Å². The van der Waals surface area contributed by atoms with E-state index in [4.69, 9.17) is 10.5 Å². The lowest BCUT2D eigenvalue weighted by Gasteiger charge is -2.35. The third kappa shape index (κ3) is 3.43. The summed E-state index contributed by atoms with van der Waals surface area (Å²) in [5.41, 5.74) is 5.16. The molecule has 0 saturated carbocycles. The molecule has 2 aliphatic heterocycles. The Kier molecular flexibility index (Phi) is 4.54. The predicted octanol–water partition coefficient (Wildman–Crippen LogP) is -0.957. The molecule has 2 rings (SSSR count). The Bertz CT molecular complexity index is 308. The molecule has 0 radical (unpaired) electrons. The van der Waals surface area contributed by atoms with E-state index in [0.717, 1.165) is 25.9 Å². The van der Waals surface area contributed by atoms with Gasteiger partial charge in [0.2, 0.25) is 11.8 Å². The molecule has 2 fully saturated rings. The maximum Gasteiger partial charge on any atom is 0.231 e. The zero-order valence-electron chi connectivity index (χ0n) is 10.6. The number of hydrogen-bond donors (Lipinski definition) is 1. The molecule has 0 spiro atoms. The molecule has 18 heavy (non-hydrogen) atoms. The van der Waals surface area contributed by atoms with E-state index in [0.29, 0.717) is 32.8 Å². The molecule has 102 valence electrons. The van der Waals surface area contributed by atoms with Gasteiger partial charge in [-0.1, -0.05) is 0 Å². The predicted molar refractivity (Wildman–Crippen MR) is 65.8 cm³/mol. The van der Waals surface area contributed by atoms with Crippen LogP contribution in [0.4, 0.5) is 0 Å². The Morgan fingerprint density at radius 3 is 2.28 bits per heavy atom. The average molecular weight is 255 g/mol. The fourth-order valence-corrected chi connectivity index (χ4v) is 2.60. The summed E-state index contributed by atoms with van der Waals surface area (Å²) in [6.07, 6.45) is 1.65. The van der Waals surface area contributed by atoms with Crippen molar-refractivity contribution in [1.29, 1.82) is 0 Å². The summed E-state index contributed by atoms with van der Waals surface area (Å²) in [5, 5.41) is 0. The third-order valence-corrected chi connectivity index (χ3v) is 3.64. The summed E-state index contributed by atoms with van der Waals surface area (Å²) in [7, 11) is 0. The Morgan fingerprint density at radius 2 is 1.72 bits per heavy atom. The lowest BCUT2D eigenvalue weighted by atomic mass is 9.95. The summed E-state index contributed by atoms with van der Waals surface area (Å²) in [4.78, 5) is 27.0. The van der Waals surface area contributed by atoms with Gasteiger partial charge in [0.1, 0.15) is 0 Å². The minimum absolute atomic E-state index is 0.104. The molecule has 2 aliphatic rings. The fraction of sp³-hybridized carbons (Fsp3) is 0.833. The quantitative estimate of drug-likeness (QED) is 0.705. The van der Waals surface area contributed by atoms with E-state index in [1.165, 1.54) is 0 Å². The van der Waals surface area contributed by atoms with E-state index in [9.17, 15) is 9.59 Å². The van der Waals surface area contributed by atoms with Crippen molar-refractivity contribution >= 4 is 11.8 Å². The molecule has 2 N–H and O–H groups in total. The summed E-state index contributed by atoms with van der Waals surface area (Å²) in [5.74, 6) is 0.0530. The number of carbonyl (C=O) groups is 2. The summed E-state index contributed by atoms with van der Waals surface area (Å²) >= 11 is 0. The highest BCUT2D eigenvalue weighted by atomic mass is 16.5. The summed E-state index contributed by atoms with van der Waals surface area (Å²) in [6, 6.07) is 0. The lowest BCUT2D eigenvalue weighted by molar-refractivity contribution is -0.141. The van der Waals surface area contributed by atoms with E-state index in [1.54, 1.807) is 0 Å². The number of ether oxygens (including phenoxy) is 1. The van der Waals surface area contributed by atoms with E-state index in [1.807, 2.05) is 9.80 Å². The number of hydrogen-bond acceptors (Lipinski definition) is 4. The molecular formula is C12H21N3O3.